The van der Waals surface area contributed by atoms with Crippen LogP contribution in [-0.4, -0.2) is 31.2 Å². The van der Waals surface area contributed by atoms with E-state index in [2.05, 4.69) is 10.0 Å². The fourth-order valence-corrected chi connectivity index (χ4v) is 3.84. The molecular weight excluding hydrogens is 400 g/mol. The fourth-order valence-electron chi connectivity index (χ4n) is 3.26. The number of sulfonamides is 1. The SMILES string of the molecule is COc1ccc(CNc2c(-c3ccccc3NS(C)(=O)=O)nc3ccccn23)cc1. The topological polar surface area (TPSA) is 84.7 Å². The highest BCUT2D eigenvalue weighted by atomic mass is 32.2. The smallest absolute Gasteiger partial charge is 0.229 e. The predicted octanol–water partition coefficient (Wildman–Crippen LogP) is 3.99. The zero-order chi connectivity index (χ0) is 21.1. The van der Waals surface area contributed by atoms with Crippen LogP contribution in [0.4, 0.5) is 11.5 Å². The van der Waals surface area contributed by atoms with Gasteiger partial charge in [0.05, 0.1) is 19.1 Å². The van der Waals surface area contributed by atoms with Crippen molar-refractivity contribution in [1.82, 2.24) is 9.38 Å². The van der Waals surface area contributed by atoms with E-state index in [-0.39, 0.29) is 0 Å². The summed E-state index contributed by atoms with van der Waals surface area (Å²) < 4.78 is 33.4. The first-order valence-corrected chi connectivity index (χ1v) is 11.2. The van der Waals surface area contributed by atoms with Crippen molar-refractivity contribution < 1.29 is 13.2 Å². The van der Waals surface area contributed by atoms with E-state index in [9.17, 15) is 8.42 Å². The maximum atomic E-state index is 11.8. The maximum absolute atomic E-state index is 11.8. The molecule has 154 valence electrons. The molecule has 0 saturated heterocycles. The second kappa shape index (κ2) is 8.08. The van der Waals surface area contributed by atoms with E-state index in [1.54, 1.807) is 19.2 Å². The van der Waals surface area contributed by atoms with Crippen LogP contribution >= 0.6 is 0 Å². The average molecular weight is 423 g/mol. The molecule has 0 spiro atoms. The molecule has 0 radical (unpaired) electrons. The van der Waals surface area contributed by atoms with Crippen LogP contribution in [0.2, 0.25) is 0 Å². The van der Waals surface area contributed by atoms with Crippen molar-refractivity contribution in [2.75, 3.05) is 23.4 Å². The van der Waals surface area contributed by atoms with Gasteiger partial charge in [-0.3, -0.25) is 9.12 Å². The molecule has 2 N–H and O–H groups in total. The Morgan fingerprint density at radius 1 is 1.00 bits per heavy atom. The molecule has 0 atom stereocenters. The number of imidazole rings is 1. The van der Waals surface area contributed by atoms with Gasteiger partial charge in [-0.05, 0) is 35.9 Å². The molecule has 0 aliphatic heterocycles. The summed E-state index contributed by atoms with van der Waals surface area (Å²) in [5.74, 6) is 1.58. The molecule has 0 unspecified atom stereocenters. The third-order valence-electron chi connectivity index (χ3n) is 4.63. The number of nitrogens with zero attached hydrogens (tertiary/aromatic N) is 2. The zero-order valence-electron chi connectivity index (χ0n) is 16.7. The molecule has 2 heterocycles. The molecule has 0 fully saturated rings. The summed E-state index contributed by atoms with van der Waals surface area (Å²) in [7, 11) is -1.79. The normalized spacial score (nSPS) is 11.4. The number of hydrogen-bond acceptors (Lipinski definition) is 5. The van der Waals surface area contributed by atoms with Crippen molar-refractivity contribution in [2.24, 2.45) is 0 Å². The number of para-hydroxylation sites is 1. The highest BCUT2D eigenvalue weighted by Gasteiger charge is 2.18. The van der Waals surface area contributed by atoms with Crippen molar-refractivity contribution >= 4 is 27.2 Å². The van der Waals surface area contributed by atoms with E-state index in [0.29, 0.717) is 23.5 Å². The molecule has 8 heteroatoms. The third-order valence-corrected chi connectivity index (χ3v) is 5.22. The standard InChI is InChI=1S/C22H22N4O3S/c1-29-17-12-10-16(11-13-17)15-23-22-21(24-20-9-5-6-14-26(20)22)18-7-3-4-8-19(18)25-30(2,27)28/h3-14,23,25H,15H2,1-2H3. The van der Waals surface area contributed by atoms with Crippen LogP contribution in [0, 0.1) is 0 Å². The fraction of sp³-hybridized carbons (Fsp3) is 0.136. The Kier molecular flexibility index (Phi) is 5.33. The lowest BCUT2D eigenvalue weighted by atomic mass is 10.1. The van der Waals surface area contributed by atoms with Gasteiger partial charge in [0.2, 0.25) is 10.0 Å². The van der Waals surface area contributed by atoms with Gasteiger partial charge < -0.3 is 10.1 Å². The molecule has 2 aromatic heterocycles. The Bertz CT molecular complexity index is 1280. The summed E-state index contributed by atoms with van der Waals surface area (Å²) in [5, 5.41) is 3.46. The Hall–Kier alpha value is -3.52. The lowest BCUT2D eigenvalue weighted by Gasteiger charge is -2.12. The number of anilines is 2. The van der Waals surface area contributed by atoms with Gasteiger partial charge >= 0.3 is 0 Å². The number of ether oxygens (including phenoxy) is 1. The minimum Gasteiger partial charge on any atom is -0.497 e. The number of fused-ring (bicyclic) bond motifs is 1. The van der Waals surface area contributed by atoms with E-state index in [1.165, 1.54) is 0 Å². The van der Waals surface area contributed by atoms with Crippen LogP contribution in [0.3, 0.4) is 0 Å². The lowest BCUT2D eigenvalue weighted by molar-refractivity contribution is 0.414. The van der Waals surface area contributed by atoms with Crippen LogP contribution in [0.25, 0.3) is 16.9 Å². The van der Waals surface area contributed by atoms with Crippen LogP contribution in [0.1, 0.15) is 5.56 Å². The van der Waals surface area contributed by atoms with Crippen molar-refractivity contribution in [1.29, 1.82) is 0 Å². The van der Waals surface area contributed by atoms with Crippen LogP contribution in [0.15, 0.2) is 72.9 Å². The van der Waals surface area contributed by atoms with Gasteiger partial charge in [0.15, 0.2) is 0 Å². The number of nitrogens with one attached hydrogen (secondary N) is 2. The maximum Gasteiger partial charge on any atom is 0.229 e. The number of rotatable bonds is 7. The van der Waals surface area contributed by atoms with Gasteiger partial charge in [-0.1, -0.05) is 36.4 Å². The van der Waals surface area contributed by atoms with Gasteiger partial charge in [0.25, 0.3) is 0 Å². The summed E-state index contributed by atoms with van der Waals surface area (Å²) in [4.78, 5) is 4.76. The first-order chi connectivity index (χ1) is 14.4. The number of hydrogen-bond donors (Lipinski definition) is 2. The number of methoxy groups -OCH3 is 1. The first kappa shape index (κ1) is 19.8. The highest BCUT2D eigenvalue weighted by molar-refractivity contribution is 7.92. The summed E-state index contributed by atoms with van der Waals surface area (Å²) in [6, 6.07) is 20.8. The van der Waals surface area contributed by atoms with Crippen LogP contribution in [-0.2, 0) is 16.6 Å². The molecule has 0 saturated carbocycles. The summed E-state index contributed by atoms with van der Waals surface area (Å²) in [6.07, 6.45) is 3.06. The van der Waals surface area contributed by atoms with Gasteiger partial charge in [0.1, 0.15) is 22.9 Å². The quantitative estimate of drug-likeness (QED) is 0.470. The van der Waals surface area contributed by atoms with Crippen molar-refractivity contribution in [3.05, 3.63) is 78.5 Å². The summed E-state index contributed by atoms with van der Waals surface area (Å²) >= 11 is 0. The highest BCUT2D eigenvalue weighted by Crippen LogP contribution is 2.34. The second-order valence-electron chi connectivity index (χ2n) is 6.86. The minimum absolute atomic E-state index is 0.482. The summed E-state index contributed by atoms with van der Waals surface area (Å²) in [6.45, 7) is 0.571. The van der Waals surface area contributed by atoms with Crippen LogP contribution in [0.5, 0.6) is 5.75 Å². The predicted molar refractivity (Wildman–Crippen MR) is 119 cm³/mol. The Morgan fingerprint density at radius 3 is 2.47 bits per heavy atom. The molecule has 0 bridgehead atoms. The van der Waals surface area contributed by atoms with E-state index in [0.717, 1.165) is 29.0 Å². The molecule has 0 aliphatic rings. The van der Waals surface area contributed by atoms with Gasteiger partial charge in [0, 0.05) is 18.3 Å². The number of benzene rings is 2. The van der Waals surface area contributed by atoms with Crippen molar-refractivity contribution in [3.63, 3.8) is 0 Å². The van der Waals surface area contributed by atoms with E-state index < -0.39 is 10.0 Å². The lowest BCUT2D eigenvalue weighted by Crippen LogP contribution is -2.10. The average Bonchev–Trinajstić information content (AvgIpc) is 3.10. The molecule has 4 rings (SSSR count). The molecular formula is C22H22N4O3S. The molecule has 2 aromatic carbocycles. The largest absolute Gasteiger partial charge is 0.497 e. The Balaban J connectivity index is 1.76. The van der Waals surface area contributed by atoms with Gasteiger partial charge in [-0.25, -0.2) is 13.4 Å². The van der Waals surface area contributed by atoms with Crippen LogP contribution < -0.4 is 14.8 Å². The van der Waals surface area contributed by atoms with Gasteiger partial charge in [-0.2, -0.15) is 0 Å². The van der Waals surface area contributed by atoms with E-state index >= 15 is 0 Å². The molecule has 0 amide bonds. The zero-order valence-corrected chi connectivity index (χ0v) is 17.5. The Labute approximate surface area is 175 Å². The molecule has 30 heavy (non-hydrogen) atoms. The van der Waals surface area contributed by atoms with E-state index in [4.69, 9.17) is 9.72 Å². The molecule has 0 aliphatic carbocycles. The summed E-state index contributed by atoms with van der Waals surface area (Å²) in [5.41, 5.74) is 3.69. The van der Waals surface area contributed by atoms with Crippen molar-refractivity contribution in [2.45, 2.75) is 6.54 Å². The molecule has 7 nitrogen and oxygen atoms in total. The Morgan fingerprint density at radius 2 is 1.73 bits per heavy atom. The number of pyridine rings is 1. The first-order valence-electron chi connectivity index (χ1n) is 9.36. The minimum atomic E-state index is -3.43. The number of aromatic nitrogens is 2. The van der Waals surface area contributed by atoms with Gasteiger partial charge in [-0.15, -0.1) is 0 Å². The third kappa shape index (κ3) is 4.23. The van der Waals surface area contributed by atoms with Crippen molar-refractivity contribution in [3.8, 4) is 17.0 Å². The monoisotopic (exact) mass is 422 g/mol. The second-order valence-corrected chi connectivity index (χ2v) is 8.61. The van der Waals surface area contributed by atoms with E-state index in [1.807, 2.05) is 65.2 Å². The molecule has 4 aromatic rings.